The third-order valence-corrected chi connectivity index (χ3v) is 6.04. The van der Waals surface area contributed by atoms with Gasteiger partial charge in [0.1, 0.15) is 5.82 Å². The molecule has 1 unspecified atom stereocenters. The van der Waals surface area contributed by atoms with E-state index in [4.69, 9.17) is 10.7 Å². The molecule has 0 bridgehead atoms. The van der Waals surface area contributed by atoms with Gasteiger partial charge in [-0.3, -0.25) is 4.79 Å². The van der Waals surface area contributed by atoms with Crippen molar-refractivity contribution in [3.63, 3.8) is 0 Å². The summed E-state index contributed by atoms with van der Waals surface area (Å²) in [5.41, 5.74) is 7.03. The van der Waals surface area contributed by atoms with Gasteiger partial charge in [-0.05, 0) is 56.7 Å². The molecule has 1 atom stereocenters. The molecule has 1 aliphatic carbocycles. The minimum atomic E-state index is -4.50. The van der Waals surface area contributed by atoms with Crippen LogP contribution in [0.5, 0.6) is 0 Å². The summed E-state index contributed by atoms with van der Waals surface area (Å²) in [5.74, 6) is 0.894. The molecule has 0 spiro atoms. The number of carbonyl (C=O) groups is 1. The van der Waals surface area contributed by atoms with Crippen LogP contribution in [0.2, 0.25) is 0 Å². The Labute approximate surface area is 196 Å². The highest BCUT2D eigenvalue weighted by Crippen LogP contribution is 2.35. The standard InChI is InChI=1S/C22H27F3N6O.ClH/c1-27-20(32)13-5-4-8-31(12-13)19-17-6-2-3-7-18(17)29-21(30-19)28-16-10-14(22(23,24)25)9-15(26)11-16;/h9-11,13H,2-8,12,26H2,1H3,(H,27,32)(H,28,29,30);1H. The first-order chi connectivity index (χ1) is 15.2. The van der Waals surface area contributed by atoms with Crippen LogP contribution in [0.1, 0.15) is 42.5 Å². The Morgan fingerprint density at radius 1 is 1.15 bits per heavy atom. The van der Waals surface area contributed by atoms with E-state index in [0.29, 0.717) is 6.54 Å². The summed E-state index contributed by atoms with van der Waals surface area (Å²) in [4.78, 5) is 23.6. The van der Waals surface area contributed by atoms with Crippen molar-refractivity contribution in [1.82, 2.24) is 15.3 Å². The quantitative estimate of drug-likeness (QED) is 0.566. The zero-order chi connectivity index (χ0) is 22.9. The lowest BCUT2D eigenvalue weighted by molar-refractivity contribution is -0.137. The van der Waals surface area contributed by atoms with E-state index in [9.17, 15) is 18.0 Å². The van der Waals surface area contributed by atoms with E-state index in [-0.39, 0.29) is 41.6 Å². The zero-order valence-electron chi connectivity index (χ0n) is 18.3. The number of alkyl halides is 3. The zero-order valence-corrected chi connectivity index (χ0v) is 19.2. The largest absolute Gasteiger partial charge is 0.416 e. The molecule has 0 radical (unpaired) electrons. The predicted octanol–water partition coefficient (Wildman–Crippen LogP) is 4.08. The Morgan fingerprint density at radius 2 is 1.91 bits per heavy atom. The van der Waals surface area contributed by atoms with Crippen LogP contribution in [0.25, 0.3) is 0 Å². The Hall–Kier alpha value is -2.75. The normalized spacial score (nSPS) is 18.2. The van der Waals surface area contributed by atoms with E-state index < -0.39 is 11.7 Å². The molecule has 4 N–H and O–H groups in total. The Bertz CT molecular complexity index is 1020. The number of carbonyl (C=O) groups excluding carboxylic acids is 1. The molecule has 7 nitrogen and oxygen atoms in total. The number of benzene rings is 1. The number of anilines is 4. The summed E-state index contributed by atoms with van der Waals surface area (Å²) >= 11 is 0. The molecular formula is C22H28ClF3N6O. The highest BCUT2D eigenvalue weighted by molar-refractivity contribution is 5.85. The number of nitrogens with zero attached hydrogens (tertiary/aromatic N) is 3. The lowest BCUT2D eigenvalue weighted by atomic mass is 9.93. The molecule has 2 heterocycles. The molecule has 2 aromatic rings. The van der Waals surface area contributed by atoms with Gasteiger partial charge in [0.2, 0.25) is 11.9 Å². The molecule has 33 heavy (non-hydrogen) atoms. The molecule has 1 aromatic heterocycles. The Kier molecular flexibility index (Phi) is 7.56. The third kappa shape index (κ3) is 5.61. The fraction of sp³-hybridized carbons (Fsp3) is 0.500. The van der Waals surface area contributed by atoms with Crippen molar-refractivity contribution in [1.29, 1.82) is 0 Å². The second-order valence-corrected chi connectivity index (χ2v) is 8.37. The second kappa shape index (κ2) is 10.0. The van der Waals surface area contributed by atoms with E-state index in [1.165, 1.54) is 6.07 Å². The molecule has 1 aliphatic heterocycles. The van der Waals surface area contributed by atoms with Gasteiger partial charge in [-0.2, -0.15) is 18.2 Å². The number of aromatic nitrogens is 2. The fourth-order valence-corrected chi connectivity index (χ4v) is 4.50. The lowest BCUT2D eigenvalue weighted by Gasteiger charge is -2.35. The van der Waals surface area contributed by atoms with Crippen molar-refractivity contribution in [2.45, 2.75) is 44.7 Å². The van der Waals surface area contributed by atoms with Gasteiger partial charge in [0.25, 0.3) is 0 Å². The number of nitrogens with one attached hydrogen (secondary N) is 2. The van der Waals surface area contributed by atoms with Crippen molar-refractivity contribution < 1.29 is 18.0 Å². The van der Waals surface area contributed by atoms with Crippen LogP contribution in [0.4, 0.5) is 36.3 Å². The summed E-state index contributed by atoms with van der Waals surface area (Å²) in [6, 6.07) is 3.33. The number of piperidine rings is 1. The van der Waals surface area contributed by atoms with Crippen LogP contribution < -0.4 is 21.3 Å². The SMILES string of the molecule is CNC(=O)C1CCCN(c2nc(Nc3cc(N)cc(C(F)(F)F)c3)nc3c2CCCC3)C1.Cl. The molecule has 1 fully saturated rings. The van der Waals surface area contributed by atoms with Gasteiger partial charge in [0.15, 0.2) is 0 Å². The van der Waals surface area contributed by atoms with Crippen molar-refractivity contribution >= 4 is 41.5 Å². The van der Waals surface area contributed by atoms with Gasteiger partial charge in [-0.1, -0.05) is 0 Å². The molecule has 1 saturated heterocycles. The van der Waals surface area contributed by atoms with Crippen LogP contribution >= 0.6 is 12.4 Å². The van der Waals surface area contributed by atoms with Crippen molar-refractivity contribution in [3.8, 4) is 0 Å². The number of hydrogen-bond donors (Lipinski definition) is 3. The molecule has 1 amide bonds. The minimum Gasteiger partial charge on any atom is -0.399 e. The smallest absolute Gasteiger partial charge is 0.399 e. The van der Waals surface area contributed by atoms with E-state index in [0.717, 1.165) is 74.3 Å². The Morgan fingerprint density at radius 3 is 2.64 bits per heavy atom. The van der Waals surface area contributed by atoms with Crippen LogP contribution in [-0.4, -0.2) is 36.0 Å². The maximum absolute atomic E-state index is 13.2. The average Bonchev–Trinajstić information content (AvgIpc) is 2.77. The molecule has 0 saturated carbocycles. The number of nitrogen functional groups attached to an aromatic ring is 1. The molecule has 180 valence electrons. The molecule has 4 rings (SSSR count). The first-order valence-electron chi connectivity index (χ1n) is 10.9. The number of fused-ring (bicyclic) bond motifs is 1. The van der Waals surface area contributed by atoms with Crippen molar-refractivity contribution in [2.24, 2.45) is 5.92 Å². The maximum Gasteiger partial charge on any atom is 0.416 e. The van der Waals surface area contributed by atoms with E-state index in [2.05, 4.69) is 20.5 Å². The second-order valence-electron chi connectivity index (χ2n) is 8.37. The van der Waals surface area contributed by atoms with Crippen LogP contribution in [0.15, 0.2) is 18.2 Å². The van der Waals surface area contributed by atoms with Gasteiger partial charge in [0.05, 0.1) is 17.2 Å². The van der Waals surface area contributed by atoms with Gasteiger partial charge >= 0.3 is 6.18 Å². The number of amides is 1. The number of aryl methyl sites for hydroxylation is 1. The first kappa shape index (κ1) is 24.9. The third-order valence-electron chi connectivity index (χ3n) is 6.04. The molecule has 1 aromatic carbocycles. The molecular weight excluding hydrogens is 457 g/mol. The predicted molar refractivity (Wildman–Crippen MR) is 124 cm³/mol. The van der Waals surface area contributed by atoms with E-state index >= 15 is 0 Å². The highest BCUT2D eigenvalue weighted by atomic mass is 35.5. The number of rotatable bonds is 4. The van der Waals surface area contributed by atoms with Crippen LogP contribution in [0, 0.1) is 5.92 Å². The summed E-state index contributed by atoms with van der Waals surface area (Å²) in [6.07, 6.45) is 0.852. The molecule has 11 heteroatoms. The van der Waals surface area contributed by atoms with Crippen LogP contribution in [-0.2, 0) is 23.8 Å². The first-order valence-corrected chi connectivity index (χ1v) is 10.9. The van der Waals surface area contributed by atoms with Crippen molar-refractivity contribution in [2.75, 3.05) is 36.1 Å². The number of hydrogen-bond acceptors (Lipinski definition) is 6. The summed E-state index contributed by atoms with van der Waals surface area (Å²) in [7, 11) is 1.64. The van der Waals surface area contributed by atoms with Crippen molar-refractivity contribution in [3.05, 3.63) is 35.0 Å². The van der Waals surface area contributed by atoms with Gasteiger partial charge in [-0.15, -0.1) is 12.4 Å². The van der Waals surface area contributed by atoms with Gasteiger partial charge < -0.3 is 21.3 Å². The monoisotopic (exact) mass is 484 g/mol. The number of nitrogens with two attached hydrogens (primary N) is 1. The number of halogens is 4. The lowest BCUT2D eigenvalue weighted by Crippen LogP contribution is -2.43. The summed E-state index contributed by atoms with van der Waals surface area (Å²) in [5, 5.41) is 5.65. The van der Waals surface area contributed by atoms with Crippen LogP contribution in [0.3, 0.4) is 0 Å². The summed E-state index contributed by atoms with van der Waals surface area (Å²) in [6.45, 7) is 1.33. The minimum absolute atomic E-state index is 0. The highest BCUT2D eigenvalue weighted by Gasteiger charge is 2.32. The topological polar surface area (TPSA) is 96.2 Å². The maximum atomic E-state index is 13.2. The van der Waals surface area contributed by atoms with Gasteiger partial charge in [0, 0.05) is 37.1 Å². The fourth-order valence-electron chi connectivity index (χ4n) is 4.50. The summed E-state index contributed by atoms with van der Waals surface area (Å²) < 4.78 is 39.6. The Balaban J connectivity index is 0.00000306. The average molecular weight is 485 g/mol. The van der Waals surface area contributed by atoms with E-state index in [1.54, 1.807) is 7.05 Å². The molecule has 2 aliphatic rings. The van der Waals surface area contributed by atoms with E-state index in [1.807, 2.05) is 0 Å². The van der Waals surface area contributed by atoms with Gasteiger partial charge in [-0.25, -0.2) is 4.98 Å².